The molecule has 0 spiro atoms. The predicted octanol–water partition coefficient (Wildman–Crippen LogP) is 2.84. The van der Waals surface area contributed by atoms with Crippen LogP contribution in [0.4, 0.5) is 0 Å². The second kappa shape index (κ2) is 6.94. The van der Waals surface area contributed by atoms with E-state index in [9.17, 15) is 0 Å². The Bertz CT molecular complexity index is 519. The molecule has 1 heterocycles. The van der Waals surface area contributed by atoms with Crippen molar-refractivity contribution in [3.8, 4) is 0 Å². The lowest BCUT2D eigenvalue weighted by Gasteiger charge is -2.10. The third-order valence-electron chi connectivity index (χ3n) is 3.22. The lowest BCUT2D eigenvalue weighted by atomic mass is 10.2. The van der Waals surface area contributed by atoms with Crippen molar-refractivity contribution in [2.75, 3.05) is 33.7 Å². The number of aromatic nitrogens is 1. The zero-order valence-electron chi connectivity index (χ0n) is 11.7. The van der Waals surface area contributed by atoms with E-state index in [0.717, 1.165) is 31.2 Å². The zero-order chi connectivity index (χ0) is 13.7. The molecule has 1 aromatic carbocycles. The first-order valence-corrected chi connectivity index (χ1v) is 7.14. The van der Waals surface area contributed by atoms with E-state index in [1.54, 1.807) is 0 Å². The van der Waals surface area contributed by atoms with Crippen LogP contribution in [0, 0.1) is 0 Å². The summed E-state index contributed by atoms with van der Waals surface area (Å²) in [6.07, 6.45) is 3.31. The maximum absolute atomic E-state index is 6.05. The molecule has 0 saturated heterocycles. The molecule has 0 radical (unpaired) electrons. The van der Waals surface area contributed by atoms with Gasteiger partial charge >= 0.3 is 0 Å². The summed E-state index contributed by atoms with van der Waals surface area (Å²) in [4.78, 5) is 2.21. The highest BCUT2D eigenvalue weighted by Crippen LogP contribution is 2.20. The molecule has 0 amide bonds. The van der Waals surface area contributed by atoms with Gasteiger partial charge in [-0.3, -0.25) is 0 Å². The highest BCUT2D eigenvalue weighted by molar-refractivity contribution is 6.31. The quantitative estimate of drug-likeness (QED) is 0.787. The number of fused-ring (bicyclic) bond motifs is 1. The van der Waals surface area contributed by atoms with Gasteiger partial charge in [0, 0.05) is 29.8 Å². The van der Waals surface area contributed by atoms with Crippen LogP contribution in [0.3, 0.4) is 0 Å². The Kier molecular flexibility index (Phi) is 5.25. The SMILES string of the molecule is CN(C)CCCNCCn1ccc2ccc(Cl)cc21. The van der Waals surface area contributed by atoms with Gasteiger partial charge in [-0.2, -0.15) is 0 Å². The highest BCUT2D eigenvalue weighted by Gasteiger charge is 2.01. The van der Waals surface area contributed by atoms with E-state index in [0.29, 0.717) is 0 Å². The fourth-order valence-electron chi connectivity index (χ4n) is 2.20. The average Bonchev–Trinajstić information content (AvgIpc) is 2.76. The molecule has 19 heavy (non-hydrogen) atoms. The van der Waals surface area contributed by atoms with Crippen molar-refractivity contribution in [1.29, 1.82) is 0 Å². The minimum Gasteiger partial charge on any atom is -0.346 e. The molecule has 0 bridgehead atoms. The highest BCUT2D eigenvalue weighted by atomic mass is 35.5. The topological polar surface area (TPSA) is 20.2 Å². The van der Waals surface area contributed by atoms with Gasteiger partial charge in [-0.15, -0.1) is 0 Å². The maximum atomic E-state index is 6.05. The number of halogens is 1. The van der Waals surface area contributed by atoms with Gasteiger partial charge in [-0.25, -0.2) is 0 Å². The minimum atomic E-state index is 0.798. The first-order chi connectivity index (χ1) is 9.16. The van der Waals surface area contributed by atoms with Gasteiger partial charge in [0.2, 0.25) is 0 Å². The molecule has 0 fully saturated rings. The van der Waals surface area contributed by atoms with Crippen molar-refractivity contribution in [2.45, 2.75) is 13.0 Å². The van der Waals surface area contributed by atoms with Gasteiger partial charge in [0.25, 0.3) is 0 Å². The average molecular weight is 280 g/mol. The summed E-state index contributed by atoms with van der Waals surface area (Å²) in [5.74, 6) is 0. The molecule has 2 aromatic rings. The standard InChI is InChI=1S/C15H22ClN3/c1-18(2)9-3-7-17-8-11-19-10-6-13-4-5-14(16)12-15(13)19/h4-6,10,12,17H,3,7-9,11H2,1-2H3. The van der Waals surface area contributed by atoms with Crippen LogP contribution in [0.25, 0.3) is 10.9 Å². The summed E-state index contributed by atoms with van der Waals surface area (Å²) < 4.78 is 2.25. The molecule has 104 valence electrons. The maximum Gasteiger partial charge on any atom is 0.0495 e. The number of nitrogens with zero attached hydrogens (tertiary/aromatic N) is 2. The molecule has 0 atom stereocenters. The molecule has 1 N–H and O–H groups in total. The summed E-state index contributed by atoms with van der Waals surface area (Å²) in [5, 5.41) is 5.52. The van der Waals surface area contributed by atoms with Crippen molar-refractivity contribution in [3.63, 3.8) is 0 Å². The summed E-state index contributed by atoms with van der Waals surface area (Å²) in [6, 6.07) is 8.17. The van der Waals surface area contributed by atoms with Crippen LogP contribution in [0.2, 0.25) is 5.02 Å². The van der Waals surface area contributed by atoms with Crippen LogP contribution >= 0.6 is 11.6 Å². The van der Waals surface area contributed by atoms with E-state index in [1.165, 1.54) is 17.3 Å². The van der Waals surface area contributed by atoms with Crippen molar-refractivity contribution in [3.05, 3.63) is 35.5 Å². The van der Waals surface area contributed by atoms with Crippen LogP contribution < -0.4 is 5.32 Å². The van der Waals surface area contributed by atoms with Crippen molar-refractivity contribution in [1.82, 2.24) is 14.8 Å². The van der Waals surface area contributed by atoms with E-state index >= 15 is 0 Å². The number of hydrogen-bond acceptors (Lipinski definition) is 2. The Morgan fingerprint density at radius 3 is 2.84 bits per heavy atom. The fourth-order valence-corrected chi connectivity index (χ4v) is 2.36. The number of rotatable bonds is 7. The number of hydrogen-bond donors (Lipinski definition) is 1. The first-order valence-electron chi connectivity index (χ1n) is 6.76. The molecule has 0 aliphatic rings. The second-order valence-electron chi connectivity index (χ2n) is 5.12. The third kappa shape index (κ3) is 4.23. The van der Waals surface area contributed by atoms with Crippen LogP contribution in [-0.4, -0.2) is 43.2 Å². The Labute approximate surface area is 120 Å². The van der Waals surface area contributed by atoms with Gasteiger partial charge in [-0.1, -0.05) is 17.7 Å². The first kappa shape index (κ1) is 14.4. The van der Waals surface area contributed by atoms with E-state index in [1.807, 2.05) is 12.1 Å². The van der Waals surface area contributed by atoms with E-state index < -0.39 is 0 Å². The van der Waals surface area contributed by atoms with Crippen LogP contribution in [0.1, 0.15) is 6.42 Å². The molecule has 4 heteroatoms. The Balaban J connectivity index is 1.80. The number of nitrogens with one attached hydrogen (secondary N) is 1. The van der Waals surface area contributed by atoms with Crippen molar-refractivity contribution in [2.24, 2.45) is 0 Å². The van der Waals surface area contributed by atoms with Crippen LogP contribution in [0.5, 0.6) is 0 Å². The minimum absolute atomic E-state index is 0.798. The summed E-state index contributed by atoms with van der Waals surface area (Å²) in [6.45, 7) is 4.17. The third-order valence-corrected chi connectivity index (χ3v) is 3.46. The van der Waals surface area contributed by atoms with E-state index in [-0.39, 0.29) is 0 Å². The summed E-state index contributed by atoms with van der Waals surface area (Å²) >= 11 is 6.05. The molecule has 3 nitrogen and oxygen atoms in total. The van der Waals surface area contributed by atoms with Crippen LogP contribution in [-0.2, 0) is 6.54 Å². The largest absolute Gasteiger partial charge is 0.346 e. The summed E-state index contributed by atoms with van der Waals surface area (Å²) in [5.41, 5.74) is 1.21. The van der Waals surface area contributed by atoms with E-state index in [2.05, 4.69) is 47.2 Å². The van der Waals surface area contributed by atoms with E-state index in [4.69, 9.17) is 11.6 Å². The van der Waals surface area contributed by atoms with Crippen molar-refractivity contribution < 1.29 is 0 Å². The van der Waals surface area contributed by atoms with Gasteiger partial charge < -0.3 is 14.8 Å². The zero-order valence-corrected chi connectivity index (χ0v) is 12.5. The second-order valence-corrected chi connectivity index (χ2v) is 5.56. The molecule has 2 rings (SSSR count). The lowest BCUT2D eigenvalue weighted by molar-refractivity contribution is 0.393. The fraction of sp³-hybridized carbons (Fsp3) is 0.467. The smallest absolute Gasteiger partial charge is 0.0495 e. The lowest BCUT2D eigenvalue weighted by Crippen LogP contribution is -2.24. The van der Waals surface area contributed by atoms with Crippen LogP contribution in [0.15, 0.2) is 30.5 Å². The normalized spacial score (nSPS) is 11.6. The molecule has 0 unspecified atom stereocenters. The molecule has 0 aliphatic heterocycles. The Hall–Kier alpha value is -1.03. The van der Waals surface area contributed by atoms with Gasteiger partial charge in [-0.05, 0) is 57.2 Å². The molecule has 1 aromatic heterocycles. The Morgan fingerprint density at radius 1 is 1.21 bits per heavy atom. The van der Waals surface area contributed by atoms with Gasteiger partial charge in [0.05, 0.1) is 0 Å². The van der Waals surface area contributed by atoms with Gasteiger partial charge in [0.15, 0.2) is 0 Å². The predicted molar refractivity (Wildman–Crippen MR) is 83.0 cm³/mol. The summed E-state index contributed by atoms with van der Waals surface area (Å²) in [7, 11) is 4.21. The van der Waals surface area contributed by atoms with Gasteiger partial charge in [0.1, 0.15) is 0 Å². The monoisotopic (exact) mass is 279 g/mol. The number of benzene rings is 1. The van der Waals surface area contributed by atoms with Crippen molar-refractivity contribution >= 4 is 22.5 Å². The molecule has 0 saturated carbocycles. The molecular weight excluding hydrogens is 258 g/mol. The molecular formula is C15H22ClN3. The Morgan fingerprint density at radius 2 is 2.05 bits per heavy atom. The molecule has 0 aliphatic carbocycles.